The van der Waals surface area contributed by atoms with E-state index in [9.17, 15) is 9.00 Å². The number of nitrogens with one attached hydrogen (secondary N) is 1. The first-order valence-electron chi connectivity index (χ1n) is 20.4. The fraction of sp³-hybridized carbons (Fsp3) is 0.651. The number of aryl methyl sites for hydroxylation is 1. The topological polar surface area (TPSA) is 74.3 Å². The Morgan fingerprint density at radius 2 is 1.92 bits per heavy atom. The Bertz CT molecular complexity index is 1620. The van der Waals surface area contributed by atoms with Crippen molar-refractivity contribution >= 4 is 34.2 Å². The Labute approximate surface area is 325 Å². The molecule has 0 aromatic heterocycles. The number of anilines is 1. The lowest BCUT2D eigenvalue weighted by molar-refractivity contribution is 0.0282. The highest BCUT2D eigenvalue weighted by molar-refractivity contribution is 7.84. The second-order valence-electron chi connectivity index (χ2n) is 16.5. The predicted molar refractivity (Wildman–Crippen MR) is 217 cm³/mol. The van der Waals surface area contributed by atoms with Crippen molar-refractivity contribution in [1.82, 2.24) is 14.5 Å². The number of allylic oxidation sites excluding steroid dienone is 1. The third-order valence-electron chi connectivity index (χ3n) is 13.0. The first-order valence-corrected chi connectivity index (χ1v) is 22.0. The fourth-order valence-corrected chi connectivity index (χ4v) is 11.3. The van der Waals surface area contributed by atoms with Crippen molar-refractivity contribution < 1.29 is 18.5 Å². The van der Waals surface area contributed by atoms with Crippen molar-refractivity contribution in [2.75, 3.05) is 71.0 Å². The van der Waals surface area contributed by atoms with Crippen LogP contribution >= 0.6 is 11.6 Å². The van der Waals surface area contributed by atoms with E-state index >= 15 is 0 Å². The minimum atomic E-state index is -1.57. The predicted octanol–water partition coefficient (Wildman–Crippen LogP) is 7.48. The molecule has 1 aliphatic carbocycles. The van der Waals surface area contributed by atoms with Crippen LogP contribution in [-0.4, -0.2) is 97.3 Å². The van der Waals surface area contributed by atoms with Crippen LogP contribution < -0.4 is 14.4 Å². The van der Waals surface area contributed by atoms with Gasteiger partial charge in [-0.1, -0.05) is 56.5 Å². The van der Waals surface area contributed by atoms with Crippen molar-refractivity contribution in [2.45, 2.75) is 88.8 Å². The number of nitrogens with zero attached hydrogens (tertiary/aromatic N) is 3. The largest absolute Gasteiger partial charge is 0.491 e. The first kappa shape index (κ1) is 38.8. The molecule has 53 heavy (non-hydrogen) atoms. The minimum absolute atomic E-state index is 0.123. The highest BCUT2D eigenvalue weighted by atomic mass is 35.5. The van der Waals surface area contributed by atoms with Crippen LogP contribution in [0.5, 0.6) is 5.75 Å². The Morgan fingerprint density at radius 1 is 1.04 bits per heavy atom. The van der Waals surface area contributed by atoms with Crippen LogP contribution in [-0.2, 0) is 22.1 Å². The second-order valence-corrected chi connectivity index (χ2v) is 18.3. The van der Waals surface area contributed by atoms with E-state index in [0.717, 1.165) is 61.9 Å². The average Bonchev–Trinajstić information content (AvgIpc) is 3.32. The van der Waals surface area contributed by atoms with Crippen LogP contribution in [0.15, 0.2) is 48.6 Å². The van der Waals surface area contributed by atoms with Crippen molar-refractivity contribution in [3.05, 3.63) is 70.3 Å². The summed E-state index contributed by atoms with van der Waals surface area (Å²) >= 11 is 6.52. The number of amides is 1. The molecule has 3 fully saturated rings. The summed E-state index contributed by atoms with van der Waals surface area (Å²) in [5.41, 5.74) is 4.06. The first-order chi connectivity index (χ1) is 25.8. The van der Waals surface area contributed by atoms with Crippen LogP contribution in [0.3, 0.4) is 0 Å². The number of rotatable bonds is 8. The summed E-state index contributed by atoms with van der Waals surface area (Å²) < 4.78 is 28.8. The molecule has 0 radical (unpaired) electrons. The van der Waals surface area contributed by atoms with Gasteiger partial charge in [0.15, 0.2) is 0 Å². The summed E-state index contributed by atoms with van der Waals surface area (Å²) in [5, 5.41) is 0.553. The zero-order valence-corrected chi connectivity index (χ0v) is 33.7. The average molecular weight is 766 g/mol. The maximum atomic E-state index is 13.9. The third kappa shape index (κ3) is 9.18. The van der Waals surface area contributed by atoms with E-state index in [2.05, 4.69) is 57.6 Å². The fourth-order valence-electron chi connectivity index (χ4n) is 9.83. The van der Waals surface area contributed by atoms with Crippen LogP contribution in [0.25, 0.3) is 0 Å². The van der Waals surface area contributed by atoms with E-state index in [-0.39, 0.29) is 23.0 Å². The van der Waals surface area contributed by atoms with Crippen molar-refractivity contribution in [3.63, 3.8) is 0 Å². The van der Waals surface area contributed by atoms with Gasteiger partial charge in [0.25, 0.3) is 5.91 Å². The Kier molecular flexibility index (Phi) is 13.2. The number of hydrogen-bond donors (Lipinski definition) is 1. The highest BCUT2D eigenvalue weighted by Gasteiger charge is 2.40. The molecule has 0 spiro atoms. The van der Waals surface area contributed by atoms with Crippen LogP contribution in [0.2, 0.25) is 5.02 Å². The number of carbonyl (C=O) groups excluding carboxylic acids is 1. The van der Waals surface area contributed by atoms with Gasteiger partial charge < -0.3 is 14.4 Å². The van der Waals surface area contributed by atoms with Gasteiger partial charge in [0.2, 0.25) is 0 Å². The zero-order valence-electron chi connectivity index (χ0n) is 32.1. The van der Waals surface area contributed by atoms with E-state index in [1.54, 1.807) is 7.11 Å². The summed E-state index contributed by atoms with van der Waals surface area (Å²) in [4.78, 5) is 21.8. The second kappa shape index (κ2) is 18.0. The molecule has 8 nitrogen and oxygen atoms in total. The summed E-state index contributed by atoms with van der Waals surface area (Å²) in [6.07, 6.45) is 14.8. The molecular formula is C43H61ClN4O4S. The molecule has 1 N–H and O–H groups in total. The molecular weight excluding hydrogens is 704 g/mol. The molecule has 1 saturated carbocycles. The molecule has 4 aliphatic heterocycles. The van der Waals surface area contributed by atoms with Gasteiger partial charge in [-0.15, -0.1) is 0 Å². The van der Waals surface area contributed by atoms with Gasteiger partial charge in [-0.05, 0) is 117 Å². The van der Waals surface area contributed by atoms with Crippen molar-refractivity contribution in [1.29, 1.82) is 0 Å². The van der Waals surface area contributed by atoms with E-state index < -0.39 is 11.0 Å². The van der Waals surface area contributed by atoms with Crippen molar-refractivity contribution in [3.8, 4) is 5.75 Å². The van der Waals surface area contributed by atoms with Gasteiger partial charge in [0.1, 0.15) is 16.7 Å². The maximum absolute atomic E-state index is 13.9. The lowest BCUT2D eigenvalue weighted by atomic mass is 9.66. The van der Waals surface area contributed by atoms with Crippen LogP contribution in [0.1, 0.15) is 92.6 Å². The number of methoxy groups -OCH3 is 1. The van der Waals surface area contributed by atoms with Crippen molar-refractivity contribution in [2.24, 2.45) is 23.7 Å². The number of ether oxygens (including phenoxy) is 2. The number of piperazine rings is 1. The molecule has 1 amide bonds. The molecule has 7 rings (SSSR count). The molecule has 4 heterocycles. The smallest absolute Gasteiger partial charge is 0.263 e. The van der Waals surface area contributed by atoms with Gasteiger partial charge >= 0.3 is 0 Å². The quantitative estimate of drug-likeness (QED) is 0.280. The summed E-state index contributed by atoms with van der Waals surface area (Å²) in [6, 6.07) is 12.8. The lowest BCUT2D eigenvalue weighted by Gasteiger charge is -2.48. The van der Waals surface area contributed by atoms with E-state index in [1.807, 2.05) is 24.3 Å². The highest BCUT2D eigenvalue weighted by Crippen LogP contribution is 2.45. The summed E-state index contributed by atoms with van der Waals surface area (Å²) in [7, 11) is 0.114. The molecule has 2 aromatic rings. The lowest BCUT2D eigenvalue weighted by Crippen LogP contribution is -2.56. The number of hydrogen-bond acceptors (Lipinski definition) is 7. The summed E-state index contributed by atoms with van der Waals surface area (Å²) in [6.45, 7) is 13.0. The van der Waals surface area contributed by atoms with Gasteiger partial charge in [-0.25, -0.2) is 4.21 Å². The Balaban J connectivity index is 1.22. The summed E-state index contributed by atoms with van der Waals surface area (Å²) in [5.74, 6) is 2.36. The standard InChI is InChI=1S/C43H61ClN4O4S/c1-4-8-31-23-36(44)14-16-38(31)35-27-48-26-34-12-15-39(34)33(25-46-20-21-47-19-6-5-11-37(47)28-46)10-7-9-30(2)42(18-22-51-3)53(50)45-43(49)32-13-17-41(52-29-35)40(48)24-32/h7,10,13-14,16-17,23-24,30,33-35,37,39,42H,4-6,8-9,11-12,15,18-22,25-29H2,1-3H3,(H,45,49)/b10-7+. The number of carbonyl (C=O) groups is 1. The molecule has 2 aromatic carbocycles. The van der Waals surface area contributed by atoms with Gasteiger partial charge in [-0.2, -0.15) is 0 Å². The normalized spacial score (nSPS) is 32.0. The number of piperidine rings is 1. The van der Waals surface area contributed by atoms with Gasteiger partial charge in [0.05, 0.1) is 17.5 Å². The third-order valence-corrected chi connectivity index (χ3v) is 14.9. The molecule has 2 saturated heterocycles. The van der Waals surface area contributed by atoms with Gasteiger partial charge in [-0.3, -0.25) is 19.3 Å². The molecule has 10 heteroatoms. The monoisotopic (exact) mass is 764 g/mol. The SMILES string of the molecule is CCCc1cc(Cl)ccc1C1COc2ccc3cc2N(C1)CC1CCC1C(CN1CCN2CCCCC2C1)/C=C/CC(C)C(CCOC)S(=O)NC3=O. The number of halogens is 1. The molecule has 2 bridgehead atoms. The Morgan fingerprint density at radius 3 is 2.74 bits per heavy atom. The molecule has 290 valence electrons. The van der Waals surface area contributed by atoms with Gasteiger partial charge in [0, 0.05) is 75.5 Å². The number of fused-ring (bicyclic) bond motifs is 3. The van der Waals surface area contributed by atoms with E-state index in [4.69, 9.17) is 21.1 Å². The zero-order chi connectivity index (χ0) is 36.9. The maximum Gasteiger partial charge on any atom is 0.263 e. The molecule has 5 aliphatic rings. The minimum Gasteiger partial charge on any atom is -0.491 e. The molecule has 8 atom stereocenters. The number of benzene rings is 2. The Hall–Kier alpha value is -2.43. The van der Waals surface area contributed by atoms with E-state index in [0.29, 0.717) is 49.0 Å². The molecule has 8 unspecified atom stereocenters. The van der Waals surface area contributed by atoms with Crippen LogP contribution in [0.4, 0.5) is 5.69 Å². The van der Waals surface area contributed by atoms with E-state index in [1.165, 1.54) is 62.9 Å². The van der Waals surface area contributed by atoms with Crippen LogP contribution in [0, 0.1) is 23.7 Å².